The van der Waals surface area contributed by atoms with E-state index in [1.807, 2.05) is 0 Å². The highest BCUT2D eigenvalue weighted by Gasteiger charge is 2.22. The number of carbonyl (C=O) groups is 1. The average Bonchev–Trinajstić information content (AvgIpc) is 3.21. The van der Waals surface area contributed by atoms with E-state index in [4.69, 9.17) is 9.47 Å². The molecule has 3 rings (SSSR count). The van der Waals surface area contributed by atoms with Gasteiger partial charge in [0, 0.05) is 19.2 Å². The van der Waals surface area contributed by atoms with Crippen molar-refractivity contribution in [3.05, 3.63) is 24.3 Å². The van der Waals surface area contributed by atoms with Gasteiger partial charge >= 0.3 is 0 Å². The number of sulfonamides is 1. The monoisotopic (exact) mass is 410 g/mol. The van der Waals surface area contributed by atoms with Gasteiger partial charge in [-0.2, -0.15) is 0 Å². The summed E-state index contributed by atoms with van der Waals surface area (Å²) < 4.78 is 38.5. The molecule has 0 bridgehead atoms. The first kappa shape index (κ1) is 21.1. The molecule has 7 nitrogen and oxygen atoms in total. The molecule has 2 atom stereocenters. The predicted octanol–water partition coefficient (Wildman–Crippen LogP) is 2.36. The standard InChI is InChI=1S/C20H30N2O5S/c1-15(20(23)22-16-6-3-2-4-7-16)27-17-9-11-19(12-10-17)28(24,25)21-14-18-8-5-13-26-18/h9-12,15-16,18,21H,2-8,13-14H2,1H3,(H,22,23)/t15-,18+/m0/s1. The summed E-state index contributed by atoms with van der Waals surface area (Å²) in [4.78, 5) is 12.5. The van der Waals surface area contributed by atoms with Gasteiger partial charge in [0.25, 0.3) is 5.91 Å². The Morgan fingerprint density at radius 1 is 1.14 bits per heavy atom. The van der Waals surface area contributed by atoms with Crippen molar-refractivity contribution in [2.75, 3.05) is 13.2 Å². The highest BCUT2D eigenvalue weighted by atomic mass is 32.2. The van der Waals surface area contributed by atoms with Crippen LogP contribution < -0.4 is 14.8 Å². The van der Waals surface area contributed by atoms with Crippen LogP contribution in [0.15, 0.2) is 29.2 Å². The second kappa shape index (κ2) is 9.71. The maximum absolute atomic E-state index is 12.4. The molecule has 2 N–H and O–H groups in total. The molecule has 1 aromatic carbocycles. The lowest BCUT2D eigenvalue weighted by Crippen LogP contribution is -2.43. The Balaban J connectivity index is 1.50. The zero-order chi connectivity index (χ0) is 20.0. The molecule has 1 aliphatic heterocycles. The van der Waals surface area contributed by atoms with Crippen LogP contribution in [-0.2, 0) is 19.6 Å². The third-order valence-electron chi connectivity index (χ3n) is 5.29. The van der Waals surface area contributed by atoms with Gasteiger partial charge in [-0.05, 0) is 56.9 Å². The van der Waals surface area contributed by atoms with E-state index in [9.17, 15) is 13.2 Å². The normalized spacial score (nSPS) is 22.0. The Morgan fingerprint density at radius 2 is 1.86 bits per heavy atom. The first-order chi connectivity index (χ1) is 13.4. The van der Waals surface area contributed by atoms with Crippen molar-refractivity contribution in [3.63, 3.8) is 0 Å². The van der Waals surface area contributed by atoms with E-state index in [0.29, 0.717) is 12.4 Å². The molecule has 156 valence electrons. The van der Waals surface area contributed by atoms with Gasteiger partial charge in [-0.1, -0.05) is 19.3 Å². The van der Waals surface area contributed by atoms with E-state index in [0.717, 1.165) is 38.5 Å². The van der Waals surface area contributed by atoms with E-state index < -0.39 is 16.1 Å². The lowest BCUT2D eigenvalue weighted by atomic mass is 9.95. The fraction of sp³-hybridized carbons (Fsp3) is 0.650. The summed E-state index contributed by atoms with van der Waals surface area (Å²) in [5.74, 6) is 0.325. The summed E-state index contributed by atoms with van der Waals surface area (Å²) in [6, 6.07) is 6.35. The van der Waals surface area contributed by atoms with Crippen molar-refractivity contribution in [2.24, 2.45) is 0 Å². The minimum absolute atomic E-state index is 0.0547. The van der Waals surface area contributed by atoms with Crippen LogP contribution in [0.5, 0.6) is 5.75 Å². The van der Waals surface area contributed by atoms with Crippen molar-refractivity contribution in [1.29, 1.82) is 0 Å². The molecule has 0 radical (unpaired) electrons. The molecule has 1 saturated carbocycles. The first-order valence-electron chi connectivity index (χ1n) is 10.1. The van der Waals surface area contributed by atoms with Crippen molar-refractivity contribution >= 4 is 15.9 Å². The molecule has 1 saturated heterocycles. The van der Waals surface area contributed by atoms with Gasteiger partial charge in [0.1, 0.15) is 5.75 Å². The molecule has 0 spiro atoms. The average molecular weight is 411 g/mol. The smallest absolute Gasteiger partial charge is 0.260 e. The number of amides is 1. The second-order valence-corrected chi connectivity index (χ2v) is 9.33. The Labute approximate surface area is 167 Å². The third kappa shape index (κ3) is 5.93. The van der Waals surface area contributed by atoms with E-state index in [-0.39, 0.29) is 29.5 Å². The predicted molar refractivity (Wildman–Crippen MR) is 106 cm³/mol. The zero-order valence-corrected chi connectivity index (χ0v) is 17.2. The van der Waals surface area contributed by atoms with Crippen molar-refractivity contribution in [3.8, 4) is 5.75 Å². The minimum atomic E-state index is -3.59. The third-order valence-corrected chi connectivity index (χ3v) is 6.73. The van der Waals surface area contributed by atoms with E-state index in [1.54, 1.807) is 19.1 Å². The number of hydrogen-bond acceptors (Lipinski definition) is 5. The Hall–Kier alpha value is -1.64. The number of ether oxygens (including phenoxy) is 2. The van der Waals surface area contributed by atoms with Gasteiger partial charge < -0.3 is 14.8 Å². The summed E-state index contributed by atoms with van der Waals surface area (Å²) in [6.07, 6.45) is 6.71. The topological polar surface area (TPSA) is 93.7 Å². The molecule has 1 amide bonds. The van der Waals surface area contributed by atoms with Gasteiger partial charge in [0.15, 0.2) is 6.10 Å². The van der Waals surface area contributed by atoms with Gasteiger partial charge in [-0.3, -0.25) is 4.79 Å². The SMILES string of the molecule is C[C@H](Oc1ccc(S(=O)(=O)NC[C@H]2CCCO2)cc1)C(=O)NC1CCCCC1. The van der Waals surface area contributed by atoms with Gasteiger partial charge in [0.05, 0.1) is 11.0 Å². The minimum Gasteiger partial charge on any atom is -0.481 e. The molecule has 1 heterocycles. The summed E-state index contributed by atoms with van der Waals surface area (Å²) >= 11 is 0. The van der Waals surface area contributed by atoms with Crippen LogP contribution in [0, 0.1) is 0 Å². The molecule has 2 aliphatic rings. The van der Waals surface area contributed by atoms with Crippen molar-refractivity contribution in [2.45, 2.75) is 75.0 Å². The summed E-state index contributed by atoms with van der Waals surface area (Å²) in [7, 11) is -3.59. The summed E-state index contributed by atoms with van der Waals surface area (Å²) in [5, 5.41) is 3.04. The number of hydrogen-bond donors (Lipinski definition) is 2. The van der Waals surface area contributed by atoms with Crippen LogP contribution in [0.25, 0.3) is 0 Å². The molecular weight excluding hydrogens is 380 g/mol. The van der Waals surface area contributed by atoms with Crippen molar-refractivity contribution in [1.82, 2.24) is 10.0 Å². The quantitative estimate of drug-likeness (QED) is 0.686. The number of carbonyl (C=O) groups excluding carboxylic acids is 1. The van der Waals surface area contributed by atoms with E-state index in [1.165, 1.54) is 18.6 Å². The van der Waals surface area contributed by atoms with Gasteiger partial charge in [-0.15, -0.1) is 0 Å². The van der Waals surface area contributed by atoms with E-state index in [2.05, 4.69) is 10.0 Å². The highest BCUT2D eigenvalue weighted by molar-refractivity contribution is 7.89. The fourth-order valence-electron chi connectivity index (χ4n) is 3.61. The largest absolute Gasteiger partial charge is 0.481 e. The van der Waals surface area contributed by atoms with Crippen LogP contribution in [0.2, 0.25) is 0 Å². The molecule has 1 aromatic rings. The highest BCUT2D eigenvalue weighted by Crippen LogP contribution is 2.20. The van der Waals surface area contributed by atoms with Gasteiger partial charge in [0.2, 0.25) is 10.0 Å². The van der Waals surface area contributed by atoms with Crippen LogP contribution in [0.3, 0.4) is 0 Å². The Kier molecular flexibility index (Phi) is 7.31. The molecule has 0 aromatic heterocycles. The number of rotatable bonds is 8. The molecule has 28 heavy (non-hydrogen) atoms. The van der Waals surface area contributed by atoms with Crippen molar-refractivity contribution < 1.29 is 22.7 Å². The second-order valence-electron chi connectivity index (χ2n) is 7.56. The number of nitrogens with one attached hydrogen (secondary N) is 2. The van der Waals surface area contributed by atoms with Crippen LogP contribution in [0.4, 0.5) is 0 Å². The van der Waals surface area contributed by atoms with Gasteiger partial charge in [-0.25, -0.2) is 13.1 Å². The molecule has 2 fully saturated rings. The first-order valence-corrected chi connectivity index (χ1v) is 11.6. The van der Waals surface area contributed by atoms with E-state index >= 15 is 0 Å². The molecule has 8 heteroatoms. The zero-order valence-electron chi connectivity index (χ0n) is 16.4. The maximum Gasteiger partial charge on any atom is 0.260 e. The Bertz CT molecular complexity index is 738. The van der Waals surface area contributed by atoms with Crippen LogP contribution in [0.1, 0.15) is 51.9 Å². The summed E-state index contributed by atoms with van der Waals surface area (Å²) in [6.45, 7) is 2.66. The lowest BCUT2D eigenvalue weighted by Gasteiger charge is -2.24. The lowest BCUT2D eigenvalue weighted by molar-refractivity contribution is -0.128. The molecule has 0 unspecified atom stereocenters. The fourth-order valence-corrected chi connectivity index (χ4v) is 4.68. The number of benzene rings is 1. The van der Waals surface area contributed by atoms with Crippen LogP contribution >= 0.6 is 0 Å². The summed E-state index contributed by atoms with van der Waals surface area (Å²) in [5.41, 5.74) is 0. The molecular formula is C20H30N2O5S. The molecule has 1 aliphatic carbocycles. The van der Waals surface area contributed by atoms with Crippen LogP contribution in [-0.4, -0.2) is 45.7 Å². The maximum atomic E-state index is 12.4. The Morgan fingerprint density at radius 3 is 2.50 bits per heavy atom.